The van der Waals surface area contributed by atoms with Gasteiger partial charge in [-0.15, -0.1) is 0 Å². The normalized spacial score (nSPS) is 12.2. The Kier molecular flexibility index (Phi) is 10.5. The summed E-state index contributed by atoms with van der Waals surface area (Å²) in [5.41, 5.74) is 1.88. The summed E-state index contributed by atoms with van der Waals surface area (Å²) in [6.45, 7) is 7.09. The van der Waals surface area contributed by atoms with Crippen LogP contribution in [0, 0.1) is 5.92 Å². The highest BCUT2D eigenvalue weighted by Crippen LogP contribution is 2.23. The van der Waals surface area contributed by atoms with E-state index in [1.807, 2.05) is 50.2 Å². The Morgan fingerprint density at radius 2 is 1.55 bits per heavy atom. The Morgan fingerprint density at radius 1 is 0.862 bits per heavy atom. The van der Waals surface area contributed by atoms with Crippen molar-refractivity contribution in [2.45, 2.75) is 71.9 Å². The number of benzene rings is 1. The fourth-order valence-electron chi connectivity index (χ4n) is 3.20. The Bertz CT molecular complexity index is 670. The van der Waals surface area contributed by atoms with Gasteiger partial charge in [-0.2, -0.15) is 0 Å². The summed E-state index contributed by atoms with van der Waals surface area (Å²) in [5.74, 6) is 1.81. The van der Waals surface area contributed by atoms with E-state index in [4.69, 9.17) is 9.47 Å². The second-order valence-electron chi connectivity index (χ2n) is 8.06. The van der Waals surface area contributed by atoms with Crippen molar-refractivity contribution in [3.05, 3.63) is 42.6 Å². The zero-order valence-corrected chi connectivity index (χ0v) is 18.2. The van der Waals surface area contributed by atoms with Gasteiger partial charge in [-0.25, -0.2) is 4.39 Å². The Hall–Kier alpha value is -2.10. The fraction of sp³-hybridized carbons (Fsp3) is 0.560. The lowest BCUT2D eigenvalue weighted by Crippen LogP contribution is -2.15. The molecule has 160 valence electrons. The van der Waals surface area contributed by atoms with Crippen molar-refractivity contribution in [3.63, 3.8) is 0 Å². The molecular weight excluding hydrogens is 365 g/mol. The molecule has 0 aliphatic rings. The number of halogens is 1. The Labute approximate surface area is 175 Å². The van der Waals surface area contributed by atoms with Gasteiger partial charge in [0.2, 0.25) is 0 Å². The molecule has 1 unspecified atom stereocenters. The zero-order chi connectivity index (χ0) is 20.9. The number of nitrogens with zero attached hydrogens (tertiary/aromatic N) is 1. The van der Waals surface area contributed by atoms with Gasteiger partial charge in [0.25, 0.3) is 0 Å². The van der Waals surface area contributed by atoms with E-state index in [9.17, 15) is 4.39 Å². The Balaban J connectivity index is 1.74. The van der Waals surface area contributed by atoms with Crippen molar-refractivity contribution >= 4 is 0 Å². The summed E-state index contributed by atoms with van der Waals surface area (Å²) in [6.07, 6.45) is 8.79. The maximum absolute atomic E-state index is 13.7. The number of unbranched alkanes of at least 4 members (excludes halogenated alkanes) is 5. The quantitative estimate of drug-likeness (QED) is 0.312. The van der Waals surface area contributed by atoms with Gasteiger partial charge in [-0.3, -0.25) is 4.98 Å². The van der Waals surface area contributed by atoms with Crippen molar-refractivity contribution in [2.24, 2.45) is 5.92 Å². The lowest BCUT2D eigenvalue weighted by molar-refractivity contribution is 0.173. The van der Waals surface area contributed by atoms with Gasteiger partial charge in [0, 0.05) is 5.56 Å². The second kappa shape index (κ2) is 13.2. The maximum atomic E-state index is 13.7. The van der Waals surface area contributed by atoms with Gasteiger partial charge in [0.05, 0.1) is 18.5 Å². The number of alkyl halides is 1. The van der Waals surface area contributed by atoms with Crippen molar-refractivity contribution in [1.29, 1.82) is 0 Å². The number of pyridine rings is 1. The Morgan fingerprint density at radius 3 is 2.21 bits per heavy atom. The number of aromatic nitrogens is 1. The molecule has 3 nitrogen and oxygen atoms in total. The van der Waals surface area contributed by atoms with Crippen molar-refractivity contribution in [3.8, 4) is 22.8 Å². The third kappa shape index (κ3) is 9.29. The molecule has 2 aromatic rings. The first-order chi connectivity index (χ1) is 14.1. The molecule has 1 aromatic heterocycles. The minimum Gasteiger partial charge on any atom is -0.494 e. The van der Waals surface area contributed by atoms with E-state index >= 15 is 0 Å². The van der Waals surface area contributed by atoms with Gasteiger partial charge < -0.3 is 9.47 Å². The average molecular weight is 402 g/mol. The maximum Gasteiger partial charge on any atom is 0.137 e. The van der Waals surface area contributed by atoms with Crippen LogP contribution in [0.3, 0.4) is 0 Å². The molecular formula is C25H36FNO2. The average Bonchev–Trinajstić information content (AvgIpc) is 2.72. The number of hydrogen-bond donors (Lipinski definition) is 0. The number of ether oxygens (including phenoxy) is 2. The standard InChI is InChI=1S/C25H36FNO2/c1-4-5-6-7-8-9-16-28-23-12-10-21(11-13-23)25-15-14-24(18-27-25)29-19-22(26)17-20(2)3/h10-15,18,20,22H,4-9,16-17,19H2,1-3H3. The first-order valence-electron chi connectivity index (χ1n) is 11.0. The number of rotatable bonds is 14. The predicted molar refractivity (Wildman–Crippen MR) is 118 cm³/mol. The summed E-state index contributed by atoms with van der Waals surface area (Å²) in [7, 11) is 0. The van der Waals surface area contributed by atoms with Crippen molar-refractivity contribution in [2.75, 3.05) is 13.2 Å². The van der Waals surface area contributed by atoms with Crippen LogP contribution in [0.25, 0.3) is 11.3 Å². The third-order valence-corrected chi connectivity index (χ3v) is 4.81. The van der Waals surface area contributed by atoms with E-state index in [2.05, 4.69) is 11.9 Å². The lowest BCUT2D eigenvalue weighted by atomic mass is 10.1. The molecule has 0 bridgehead atoms. The summed E-state index contributed by atoms with van der Waals surface area (Å²) < 4.78 is 25.1. The zero-order valence-electron chi connectivity index (χ0n) is 18.2. The largest absolute Gasteiger partial charge is 0.494 e. The summed E-state index contributed by atoms with van der Waals surface area (Å²) >= 11 is 0. The van der Waals surface area contributed by atoms with Crippen LogP contribution in [0.1, 0.15) is 65.7 Å². The molecule has 0 saturated heterocycles. The summed E-state index contributed by atoms with van der Waals surface area (Å²) in [6, 6.07) is 11.7. The van der Waals surface area contributed by atoms with Crippen LogP contribution in [0.4, 0.5) is 4.39 Å². The minimum atomic E-state index is -0.946. The molecule has 0 saturated carbocycles. The highest BCUT2D eigenvalue weighted by Gasteiger charge is 2.10. The molecule has 2 rings (SSSR count). The van der Waals surface area contributed by atoms with Gasteiger partial charge in [0.15, 0.2) is 0 Å². The molecule has 4 heteroatoms. The van der Waals surface area contributed by atoms with Crippen molar-refractivity contribution < 1.29 is 13.9 Å². The van der Waals surface area contributed by atoms with Gasteiger partial charge >= 0.3 is 0 Å². The monoisotopic (exact) mass is 401 g/mol. The molecule has 0 N–H and O–H groups in total. The van der Waals surface area contributed by atoms with Crippen LogP contribution in [-0.4, -0.2) is 24.4 Å². The SMILES string of the molecule is CCCCCCCCOc1ccc(-c2ccc(OCC(F)CC(C)C)cn2)cc1. The van der Waals surface area contributed by atoms with Crippen LogP contribution in [-0.2, 0) is 0 Å². The van der Waals surface area contributed by atoms with E-state index in [0.717, 1.165) is 30.0 Å². The molecule has 0 aliphatic carbocycles. The van der Waals surface area contributed by atoms with Gasteiger partial charge in [-0.1, -0.05) is 52.9 Å². The molecule has 1 heterocycles. The summed E-state index contributed by atoms with van der Waals surface area (Å²) in [5, 5.41) is 0. The van der Waals surface area contributed by atoms with Crippen LogP contribution < -0.4 is 9.47 Å². The highest BCUT2D eigenvalue weighted by atomic mass is 19.1. The predicted octanol–water partition coefficient (Wildman–Crippen LogP) is 7.25. The minimum absolute atomic E-state index is 0.0733. The molecule has 1 aromatic carbocycles. The van der Waals surface area contributed by atoms with Gasteiger partial charge in [-0.05, 0) is 55.2 Å². The smallest absolute Gasteiger partial charge is 0.137 e. The molecule has 29 heavy (non-hydrogen) atoms. The van der Waals surface area contributed by atoms with E-state index in [1.54, 1.807) is 6.20 Å². The lowest BCUT2D eigenvalue weighted by Gasteiger charge is -2.12. The van der Waals surface area contributed by atoms with E-state index in [0.29, 0.717) is 18.1 Å². The van der Waals surface area contributed by atoms with Crippen LogP contribution >= 0.6 is 0 Å². The first kappa shape index (κ1) is 23.2. The molecule has 0 spiro atoms. The molecule has 0 aliphatic heterocycles. The third-order valence-electron chi connectivity index (χ3n) is 4.81. The first-order valence-corrected chi connectivity index (χ1v) is 11.0. The van der Waals surface area contributed by atoms with E-state index < -0.39 is 6.17 Å². The molecule has 0 radical (unpaired) electrons. The summed E-state index contributed by atoms with van der Waals surface area (Å²) in [4.78, 5) is 4.44. The molecule has 0 amide bonds. The molecule has 0 fully saturated rings. The second-order valence-corrected chi connectivity index (χ2v) is 8.06. The van der Waals surface area contributed by atoms with Crippen molar-refractivity contribution in [1.82, 2.24) is 4.98 Å². The van der Waals surface area contributed by atoms with E-state index in [1.165, 1.54) is 32.1 Å². The fourth-order valence-corrected chi connectivity index (χ4v) is 3.20. The van der Waals surface area contributed by atoms with Crippen LogP contribution in [0.15, 0.2) is 42.6 Å². The van der Waals surface area contributed by atoms with Crippen LogP contribution in [0.5, 0.6) is 11.5 Å². The topological polar surface area (TPSA) is 31.4 Å². The molecule has 1 atom stereocenters. The van der Waals surface area contributed by atoms with Crippen LogP contribution in [0.2, 0.25) is 0 Å². The highest BCUT2D eigenvalue weighted by molar-refractivity contribution is 5.60. The van der Waals surface area contributed by atoms with Gasteiger partial charge in [0.1, 0.15) is 24.3 Å². The van der Waals surface area contributed by atoms with E-state index in [-0.39, 0.29) is 6.61 Å². The number of hydrogen-bond acceptors (Lipinski definition) is 3.